The molecule has 1 aromatic carbocycles. The number of hydrogen-bond acceptors (Lipinski definition) is 7. The minimum absolute atomic E-state index is 0.00274. The lowest BCUT2D eigenvalue weighted by Gasteiger charge is -2.46. The minimum Gasteiger partial charge on any atom is -0.497 e. The fraction of sp³-hybridized carbons (Fsp3) is 0.784. The van der Waals surface area contributed by atoms with Gasteiger partial charge in [0.15, 0.2) is 8.32 Å². The number of methoxy groups -OCH3 is 1. The number of rotatable bonds is 24. The number of thioether (sulfide) groups is 1. The summed E-state index contributed by atoms with van der Waals surface area (Å²) in [7, 11) is -2.40. The van der Waals surface area contributed by atoms with Crippen molar-refractivity contribution in [1.29, 1.82) is 0 Å². The van der Waals surface area contributed by atoms with Crippen molar-refractivity contribution >= 4 is 28.4 Å². The van der Waals surface area contributed by atoms with Gasteiger partial charge >= 0.3 is 0 Å². The van der Waals surface area contributed by atoms with Crippen molar-refractivity contribution < 1.29 is 28.2 Å². The molecular weight excluding hydrogens is 629 g/mol. The van der Waals surface area contributed by atoms with Crippen LogP contribution in [0.4, 0.5) is 0 Å². The molecule has 0 radical (unpaired) electrons. The molecule has 0 heterocycles. The normalized spacial score (nSPS) is 15.1. The number of benzene rings is 1. The van der Waals surface area contributed by atoms with Gasteiger partial charge in [-0.2, -0.15) is 0 Å². The fourth-order valence-corrected chi connectivity index (χ4v) is 15.6. The second-order valence-corrected chi connectivity index (χ2v) is 24.4. The molecule has 0 bridgehead atoms. The molecule has 6 nitrogen and oxygen atoms in total. The molecular formula is C37H68O6SSi2. The zero-order valence-electron chi connectivity index (χ0n) is 31.3. The highest BCUT2D eigenvalue weighted by molar-refractivity contribution is 7.98. The average molecular weight is 697 g/mol. The number of hydrogen-bond donors (Lipinski definition) is 1. The summed E-state index contributed by atoms with van der Waals surface area (Å²) in [5, 5.41) is 11.3. The molecule has 0 aliphatic carbocycles. The lowest BCUT2D eigenvalue weighted by Crippen LogP contribution is -2.52. The predicted molar refractivity (Wildman–Crippen MR) is 202 cm³/mol. The summed E-state index contributed by atoms with van der Waals surface area (Å²) in [5.41, 5.74) is 2.57. The molecule has 1 aromatic rings. The first-order valence-electron chi connectivity index (χ1n) is 17.7. The maximum absolute atomic E-state index is 11.3. The Hall–Kier alpha value is -0.836. The summed E-state index contributed by atoms with van der Waals surface area (Å²) in [6.07, 6.45) is 3.77. The Morgan fingerprint density at radius 2 is 1.39 bits per heavy atom. The maximum Gasteiger partial charge on any atom is 0.200 e. The van der Waals surface area contributed by atoms with Gasteiger partial charge in [0.25, 0.3) is 0 Å². The Kier molecular flexibility index (Phi) is 21.3. The molecule has 4 atom stereocenters. The first-order valence-corrected chi connectivity index (χ1v) is 23.8. The quantitative estimate of drug-likeness (QED) is 0.0656. The van der Waals surface area contributed by atoms with Crippen LogP contribution in [-0.2, 0) is 24.9 Å². The van der Waals surface area contributed by atoms with E-state index in [2.05, 4.69) is 87.3 Å². The van der Waals surface area contributed by atoms with Crippen molar-refractivity contribution in [2.24, 2.45) is 0 Å². The van der Waals surface area contributed by atoms with Crippen molar-refractivity contribution in [3.8, 4) is 17.6 Å². The van der Waals surface area contributed by atoms with Crippen LogP contribution in [0.5, 0.6) is 5.75 Å². The van der Waals surface area contributed by atoms with Crippen LogP contribution in [-0.4, -0.2) is 72.1 Å². The Bertz CT molecular complexity index is 960. The van der Waals surface area contributed by atoms with Gasteiger partial charge in [0.05, 0.1) is 50.7 Å². The summed E-state index contributed by atoms with van der Waals surface area (Å²) in [6, 6.07) is 10.9. The van der Waals surface area contributed by atoms with Gasteiger partial charge in [-0.3, -0.25) is 0 Å². The summed E-state index contributed by atoms with van der Waals surface area (Å²) < 4.78 is 31.7. The van der Waals surface area contributed by atoms with Crippen LogP contribution in [0.3, 0.4) is 0 Å². The largest absolute Gasteiger partial charge is 0.497 e. The van der Waals surface area contributed by atoms with E-state index >= 15 is 0 Å². The second-order valence-electron chi connectivity index (χ2n) is 13.4. The predicted octanol–water partition coefficient (Wildman–Crippen LogP) is 9.81. The monoisotopic (exact) mass is 696 g/mol. The molecule has 1 rings (SSSR count). The van der Waals surface area contributed by atoms with E-state index < -0.39 is 28.8 Å². The van der Waals surface area contributed by atoms with Gasteiger partial charge in [0.2, 0.25) is 8.32 Å². The number of aliphatic hydroxyl groups excluding tert-OH is 1. The Balaban J connectivity index is 3.05. The molecule has 0 saturated heterocycles. The smallest absolute Gasteiger partial charge is 0.200 e. The van der Waals surface area contributed by atoms with E-state index in [1.165, 1.54) is 0 Å². The third-order valence-electron chi connectivity index (χ3n) is 9.74. The number of ether oxygens (including phenoxy) is 3. The van der Waals surface area contributed by atoms with Crippen molar-refractivity contribution in [3.05, 3.63) is 29.8 Å². The van der Waals surface area contributed by atoms with E-state index in [0.29, 0.717) is 48.6 Å². The molecule has 9 heteroatoms. The SMILES string of the molecule is CC[C@@H](OCSC)[C@H](CCC#CC[C@@H](O)[C@@H](COCc1ccc(OC)cc1)O[Si](CC)(CC)CC)O[Si](C(C)C)(C(C)C)C(C)C. The Morgan fingerprint density at radius 1 is 0.804 bits per heavy atom. The van der Waals surface area contributed by atoms with Gasteiger partial charge in [-0.25, -0.2) is 0 Å². The first kappa shape index (κ1) is 43.2. The minimum atomic E-state index is -2.09. The third-order valence-corrected chi connectivity index (χ3v) is 20.9. The Labute approximate surface area is 289 Å². The van der Waals surface area contributed by atoms with E-state index in [0.717, 1.165) is 42.3 Å². The van der Waals surface area contributed by atoms with Crippen molar-refractivity contribution in [3.63, 3.8) is 0 Å². The van der Waals surface area contributed by atoms with Crippen LogP contribution >= 0.6 is 11.8 Å². The van der Waals surface area contributed by atoms with Gasteiger partial charge in [0, 0.05) is 12.8 Å². The highest BCUT2D eigenvalue weighted by Crippen LogP contribution is 2.44. The van der Waals surface area contributed by atoms with Crippen LogP contribution < -0.4 is 4.74 Å². The van der Waals surface area contributed by atoms with Gasteiger partial charge in [-0.05, 0) is 71.5 Å². The molecule has 266 valence electrons. The van der Waals surface area contributed by atoms with E-state index in [9.17, 15) is 5.11 Å². The maximum atomic E-state index is 11.3. The van der Waals surface area contributed by atoms with E-state index in [1.54, 1.807) is 18.9 Å². The van der Waals surface area contributed by atoms with Crippen molar-refractivity contribution in [1.82, 2.24) is 0 Å². The van der Waals surface area contributed by atoms with Gasteiger partial charge in [0.1, 0.15) is 5.75 Å². The molecule has 0 aliphatic heterocycles. The Morgan fingerprint density at radius 3 is 1.87 bits per heavy atom. The third kappa shape index (κ3) is 13.2. The van der Waals surface area contributed by atoms with Gasteiger partial charge < -0.3 is 28.2 Å². The summed E-state index contributed by atoms with van der Waals surface area (Å²) in [5.74, 6) is 8.15. The topological polar surface area (TPSA) is 66.4 Å². The molecule has 46 heavy (non-hydrogen) atoms. The standard InChI is InChI=1S/C37H68O6SSi2/c1-13-35(41-28-44-12)36(43-46(29(5)6,30(7)8)31(9)10)21-19-17-18-20-34(38)37(42-45(14-2,15-3)16-4)27-40-26-32-22-24-33(39-11)25-23-32/h22-25,29-31,34-38H,13-16,19-21,26-28H2,1-12H3/t34-,35-,36+,37-/m1/s1. The molecule has 0 fully saturated rings. The van der Waals surface area contributed by atoms with Crippen LogP contribution in [0.25, 0.3) is 0 Å². The molecule has 0 amide bonds. The summed E-state index contributed by atoms with van der Waals surface area (Å²) in [4.78, 5) is 0. The summed E-state index contributed by atoms with van der Waals surface area (Å²) in [6.45, 7) is 23.6. The highest BCUT2D eigenvalue weighted by Gasteiger charge is 2.47. The van der Waals surface area contributed by atoms with Gasteiger partial charge in [-0.15, -0.1) is 23.6 Å². The van der Waals surface area contributed by atoms with E-state index in [-0.39, 0.29) is 12.2 Å². The summed E-state index contributed by atoms with van der Waals surface area (Å²) >= 11 is 1.71. The lowest BCUT2D eigenvalue weighted by atomic mass is 10.1. The van der Waals surface area contributed by atoms with E-state index in [4.69, 9.17) is 23.1 Å². The van der Waals surface area contributed by atoms with Gasteiger partial charge in [-0.1, -0.05) is 81.4 Å². The molecule has 0 saturated carbocycles. The molecule has 0 unspecified atom stereocenters. The van der Waals surface area contributed by atoms with Crippen LogP contribution in [0.15, 0.2) is 24.3 Å². The molecule has 0 spiro atoms. The van der Waals surface area contributed by atoms with Crippen molar-refractivity contribution in [2.75, 3.05) is 25.9 Å². The first-order chi connectivity index (χ1) is 21.9. The fourth-order valence-electron chi connectivity index (χ4n) is 6.81. The van der Waals surface area contributed by atoms with E-state index in [1.807, 2.05) is 24.3 Å². The molecule has 1 N–H and O–H groups in total. The van der Waals surface area contributed by atoms with Crippen molar-refractivity contribution in [2.45, 2.75) is 161 Å². The average Bonchev–Trinajstić information content (AvgIpc) is 3.04. The zero-order chi connectivity index (χ0) is 34.8. The van der Waals surface area contributed by atoms with Crippen LogP contribution in [0, 0.1) is 11.8 Å². The zero-order valence-corrected chi connectivity index (χ0v) is 34.1. The number of aliphatic hydroxyl groups is 1. The molecule has 0 aromatic heterocycles. The van der Waals surface area contributed by atoms with Crippen LogP contribution in [0.2, 0.25) is 34.8 Å². The lowest BCUT2D eigenvalue weighted by molar-refractivity contribution is -0.0319. The molecule has 0 aliphatic rings. The van der Waals surface area contributed by atoms with Crippen LogP contribution in [0.1, 0.15) is 100 Å². The highest BCUT2D eigenvalue weighted by atomic mass is 32.2. The second kappa shape index (κ2) is 22.7.